The van der Waals surface area contributed by atoms with Gasteiger partial charge in [-0.05, 0) is 63.5 Å². The van der Waals surface area contributed by atoms with Crippen LogP contribution in [0, 0.1) is 5.92 Å². The van der Waals surface area contributed by atoms with E-state index in [-0.39, 0.29) is 37.0 Å². The summed E-state index contributed by atoms with van der Waals surface area (Å²) in [4.78, 5) is 29.6. The van der Waals surface area contributed by atoms with Crippen molar-refractivity contribution in [2.45, 2.75) is 32.4 Å². The van der Waals surface area contributed by atoms with E-state index in [4.69, 9.17) is 9.47 Å². The molecule has 0 unspecified atom stereocenters. The monoisotopic (exact) mass is 484 g/mol. The Balaban J connectivity index is 1.83. The van der Waals surface area contributed by atoms with Gasteiger partial charge in [-0.25, -0.2) is 4.79 Å². The molecule has 1 aliphatic heterocycles. The molecule has 3 N–H and O–H groups in total. The minimum Gasteiger partial charge on any atom is -0.497 e. The number of aliphatic hydroxyl groups excluding tert-OH is 1. The molecule has 0 saturated carbocycles. The smallest absolute Gasteiger partial charge is 0.323 e. The van der Waals surface area contributed by atoms with Gasteiger partial charge in [0.25, 0.3) is 0 Å². The van der Waals surface area contributed by atoms with Crippen LogP contribution in [-0.2, 0) is 11.2 Å². The molecule has 0 spiro atoms. The summed E-state index contributed by atoms with van der Waals surface area (Å²) in [6, 6.07) is 11.6. The van der Waals surface area contributed by atoms with E-state index in [1.165, 1.54) is 0 Å². The van der Waals surface area contributed by atoms with Crippen molar-refractivity contribution in [3.05, 3.63) is 48.0 Å². The van der Waals surface area contributed by atoms with Crippen molar-refractivity contribution < 1.29 is 24.2 Å². The third kappa shape index (κ3) is 7.10. The highest BCUT2D eigenvalue weighted by molar-refractivity contribution is 6.00. The molecule has 0 fully saturated rings. The zero-order chi connectivity index (χ0) is 25.5. The molecule has 3 rings (SSSR count). The fourth-order valence-corrected chi connectivity index (χ4v) is 4.05. The summed E-state index contributed by atoms with van der Waals surface area (Å²) in [5, 5.41) is 15.3. The van der Waals surface area contributed by atoms with Crippen molar-refractivity contribution >= 4 is 23.3 Å². The molecule has 2 aromatic carbocycles. The van der Waals surface area contributed by atoms with E-state index in [2.05, 4.69) is 22.5 Å². The predicted molar refractivity (Wildman–Crippen MR) is 136 cm³/mol. The summed E-state index contributed by atoms with van der Waals surface area (Å²) in [7, 11) is 5.55. The fourth-order valence-electron chi connectivity index (χ4n) is 4.05. The molecule has 0 bridgehead atoms. The quantitative estimate of drug-likeness (QED) is 0.558. The van der Waals surface area contributed by atoms with E-state index in [1.54, 1.807) is 54.5 Å². The first-order valence-corrected chi connectivity index (χ1v) is 11.8. The van der Waals surface area contributed by atoms with Crippen LogP contribution in [0.4, 0.5) is 16.2 Å². The maximum atomic E-state index is 13.2. The number of urea groups is 1. The second kappa shape index (κ2) is 11.9. The summed E-state index contributed by atoms with van der Waals surface area (Å²) >= 11 is 0. The Hall–Kier alpha value is -3.30. The molecule has 35 heavy (non-hydrogen) atoms. The fraction of sp³-hybridized carbons (Fsp3) is 0.462. The number of hydrogen-bond donors (Lipinski definition) is 3. The van der Waals surface area contributed by atoms with Crippen LogP contribution in [0.2, 0.25) is 0 Å². The maximum absolute atomic E-state index is 13.2. The molecule has 1 aliphatic rings. The van der Waals surface area contributed by atoms with Gasteiger partial charge < -0.3 is 35.0 Å². The number of nitrogens with zero attached hydrogens (tertiary/aromatic N) is 2. The topological polar surface area (TPSA) is 103 Å². The van der Waals surface area contributed by atoms with Gasteiger partial charge in [-0.2, -0.15) is 0 Å². The van der Waals surface area contributed by atoms with Crippen LogP contribution in [0.25, 0.3) is 0 Å². The highest BCUT2D eigenvalue weighted by atomic mass is 16.5. The van der Waals surface area contributed by atoms with Crippen molar-refractivity contribution in [3.8, 4) is 11.5 Å². The minimum absolute atomic E-state index is 0.0503. The number of carbonyl (C=O) groups is 2. The molecular formula is C26H36N4O5. The first-order valence-electron chi connectivity index (χ1n) is 11.8. The Morgan fingerprint density at radius 3 is 2.49 bits per heavy atom. The third-order valence-corrected chi connectivity index (χ3v) is 6.07. The van der Waals surface area contributed by atoms with Crippen molar-refractivity contribution in [2.24, 2.45) is 5.92 Å². The number of likely N-dealkylation sites (N-methyl/N-ethyl adjacent to an activating group) is 1. The zero-order valence-electron chi connectivity index (χ0n) is 21.1. The van der Waals surface area contributed by atoms with Crippen molar-refractivity contribution in [2.75, 3.05) is 51.5 Å². The summed E-state index contributed by atoms with van der Waals surface area (Å²) in [5.74, 6) is 1.28. The standard InChI is InChI=1S/C26H36N4O5/c1-17-14-30(18(2)16-31)25(32)13-19-12-21(8-11-23(19)35-24(17)15-29(3)4)28-26(33)27-20-6-9-22(34-5)10-7-20/h6-12,17-18,24,31H,13-16H2,1-5H3,(H2,27,28,33)/t17-,18+,24+/m0/s1. The lowest BCUT2D eigenvalue weighted by Crippen LogP contribution is -2.47. The van der Waals surface area contributed by atoms with Gasteiger partial charge in [-0.3, -0.25) is 4.79 Å². The van der Waals surface area contributed by atoms with Gasteiger partial charge in [-0.1, -0.05) is 6.92 Å². The van der Waals surface area contributed by atoms with Crippen LogP contribution >= 0.6 is 0 Å². The van der Waals surface area contributed by atoms with Crippen molar-refractivity contribution in [1.82, 2.24) is 9.80 Å². The van der Waals surface area contributed by atoms with Crippen LogP contribution in [0.1, 0.15) is 19.4 Å². The molecule has 9 nitrogen and oxygen atoms in total. The number of methoxy groups -OCH3 is 1. The van der Waals surface area contributed by atoms with Gasteiger partial charge >= 0.3 is 6.03 Å². The van der Waals surface area contributed by atoms with Crippen molar-refractivity contribution in [1.29, 1.82) is 0 Å². The first-order chi connectivity index (χ1) is 16.7. The number of nitrogens with one attached hydrogen (secondary N) is 2. The average Bonchev–Trinajstić information content (AvgIpc) is 2.86. The van der Waals surface area contributed by atoms with E-state index in [0.717, 1.165) is 0 Å². The Morgan fingerprint density at radius 1 is 1.20 bits per heavy atom. The highest BCUT2D eigenvalue weighted by Gasteiger charge is 2.30. The van der Waals surface area contributed by atoms with Gasteiger partial charge in [0.05, 0.1) is 26.2 Å². The summed E-state index contributed by atoms with van der Waals surface area (Å²) < 4.78 is 11.5. The molecule has 2 aromatic rings. The number of rotatable bonds is 7. The SMILES string of the molecule is COc1ccc(NC(=O)Nc2ccc3c(c2)CC(=O)N([C@H](C)CO)C[C@H](C)[C@@H](CN(C)C)O3)cc1. The van der Waals surface area contributed by atoms with E-state index in [1.807, 2.05) is 21.0 Å². The number of aliphatic hydroxyl groups is 1. The second-order valence-corrected chi connectivity index (χ2v) is 9.28. The molecule has 3 amide bonds. The number of ether oxygens (including phenoxy) is 2. The molecule has 0 aromatic heterocycles. The van der Waals surface area contributed by atoms with Gasteiger partial charge in [-0.15, -0.1) is 0 Å². The van der Waals surface area contributed by atoms with Gasteiger partial charge in [0, 0.05) is 35.9 Å². The highest BCUT2D eigenvalue weighted by Crippen LogP contribution is 2.29. The Kier molecular flexibility index (Phi) is 8.95. The Bertz CT molecular complexity index is 1010. The lowest BCUT2D eigenvalue weighted by atomic mass is 10.0. The van der Waals surface area contributed by atoms with Crippen LogP contribution in [0.5, 0.6) is 11.5 Å². The Morgan fingerprint density at radius 2 is 1.86 bits per heavy atom. The zero-order valence-corrected chi connectivity index (χ0v) is 21.1. The molecule has 1 heterocycles. The van der Waals surface area contributed by atoms with Gasteiger partial charge in [0.2, 0.25) is 5.91 Å². The van der Waals surface area contributed by atoms with Gasteiger partial charge in [0.1, 0.15) is 17.6 Å². The summed E-state index contributed by atoms with van der Waals surface area (Å²) in [6.45, 7) is 4.95. The number of benzene rings is 2. The summed E-state index contributed by atoms with van der Waals surface area (Å²) in [6.07, 6.45) is -0.0447. The van der Waals surface area contributed by atoms with Crippen molar-refractivity contribution in [3.63, 3.8) is 0 Å². The average molecular weight is 485 g/mol. The molecule has 0 aliphatic carbocycles. The summed E-state index contributed by atoms with van der Waals surface area (Å²) in [5.41, 5.74) is 1.85. The van der Waals surface area contributed by atoms with Crippen LogP contribution in [0.3, 0.4) is 0 Å². The minimum atomic E-state index is -0.403. The molecule has 0 radical (unpaired) electrons. The largest absolute Gasteiger partial charge is 0.497 e. The van der Waals surface area contributed by atoms with Crippen LogP contribution in [0.15, 0.2) is 42.5 Å². The third-order valence-electron chi connectivity index (χ3n) is 6.07. The van der Waals surface area contributed by atoms with Gasteiger partial charge in [0.15, 0.2) is 0 Å². The molecule has 0 saturated heterocycles. The molecule has 9 heteroatoms. The maximum Gasteiger partial charge on any atom is 0.323 e. The number of hydrogen-bond acceptors (Lipinski definition) is 6. The first kappa shape index (κ1) is 26.3. The number of fused-ring (bicyclic) bond motifs is 1. The molecular weight excluding hydrogens is 448 g/mol. The van der Waals surface area contributed by atoms with E-state index < -0.39 is 6.03 Å². The Labute approximate surface area is 207 Å². The number of anilines is 2. The lowest BCUT2D eigenvalue weighted by molar-refractivity contribution is -0.134. The number of amides is 3. The normalized spacial score (nSPS) is 19.1. The lowest BCUT2D eigenvalue weighted by Gasteiger charge is -2.33. The second-order valence-electron chi connectivity index (χ2n) is 9.28. The number of carbonyl (C=O) groups excluding carboxylic acids is 2. The van der Waals surface area contributed by atoms with Crippen LogP contribution < -0.4 is 20.1 Å². The van der Waals surface area contributed by atoms with E-state index in [9.17, 15) is 14.7 Å². The predicted octanol–water partition coefficient (Wildman–Crippen LogP) is 3.05. The molecule has 190 valence electrons. The van der Waals surface area contributed by atoms with Crippen LogP contribution in [-0.4, -0.2) is 79.9 Å². The molecule has 3 atom stereocenters. The van der Waals surface area contributed by atoms with E-state index in [0.29, 0.717) is 41.5 Å². The van der Waals surface area contributed by atoms with E-state index >= 15 is 0 Å².